The number of halogens is 3. The summed E-state index contributed by atoms with van der Waals surface area (Å²) in [5, 5.41) is 14.3. The lowest BCUT2D eigenvalue weighted by Gasteiger charge is -2.07. The molecule has 0 bridgehead atoms. The molecule has 0 unspecified atom stereocenters. The largest absolute Gasteiger partial charge is 0.322 e. The lowest BCUT2D eigenvalue weighted by Crippen LogP contribution is -2.09. The number of anilines is 1. The summed E-state index contributed by atoms with van der Waals surface area (Å²) in [6.45, 7) is 1.64. The molecular weight excluding hydrogens is 375 g/mol. The molecule has 0 atom stereocenters. The molecule has 0 aromatic heterocycles. The number of rotatable bonds is 4. The van der Waals surface area contributed by atoms with E-state index in [9.17, 15) is 14.9 Å². The van der Waals surface area contributed by atoms with Gasteiger partial charge in [0, 0.05) is 27.9 Å². The summed E-state index contributed by atoms with van der Waals surface area (Å²) in [6.07, 6.45) is 2.83. The van der Waals surface area contributed by atoms with Gasteiger partial charge in [0.2, 0.25) is 5.91 Å². The standard InChI is InChI=1S/C16H11Cl3N2O3/c1-9-6-15(21(23)24)13(19)8-14(9)20-16(22)5-3-10-2-4-11(17)7-12(10)18/h2-8H,1H3,(H,20,22). The van der Waals surface area contributed by atoms with Crippen molar-refractivity contribution >= 4 is 58.2 Å². The number of carbonyl (C=O) groups excluding carboxylic acids is 1. The number of benzene rings is 2. The van der Waals surface area contributed by atoms with Crippen LogP contribution in [0.3, 0.4) is 0 Å². The summed E-state index contributed by atoms with van der Waals surface area (Å²) in [5.41, 5.74) is 1.34. The highest BCUT2D eigenvalue weighted by molar-refractivity contribution is 6.35. The lowest BCUT2D eigenvalue weighted by molar-refractivity contribution is -0.384. The van der Waals surface area contributed by atoms with Crippen LogP contribution in [0.4, 0.5) is 11.4 Å². The third-order valence-corrected chi connectivity index (χ3v) is 3.99. The Balaban J connectivity index is 2.16. The highest BCUT2D eigenvalue weighted by Gasteiger charge is 2.15. The molecule has 2 aromatic carbocycles. The molecule has 0 heterocycles. The van der Waals surface area contributed by atoms with Crippen molar-refractivity contribution in [3.05, 3.63) is 72.7 Å². The fourth-order valence-electron chi connectivity index (χ4n) is 1.92. The van der Waals surface area contributed by atoms with E-state index < -0.39 is 10.8 Å². The number of hydrogen-bond donors (Lipinski definition) is 1. The zero-order chi connectivity index (χ0) is 17.9. The molecule has 2 rings (SSSR count). The van der Waals surface area contributed by atoms with Gasteiger partial charge in [-0.25, -0.2) is 0 Å². The van der Waals surface area contributed by atoms with Gasteiger partial charge in [0.15, 0.2) is 0 Å². The van der Waals surface area contributed by atoms with Crippen LogP contribution in [-0.4, -0.2) is 10.8 Å². The summed E-state index contributed by atoms with van der Waals surface area (Å²) < 4.78 is 0. The second kappa shape index (κ2) is 7.66. The van der Waals surface area contributed by atoms with Crippen molar-refractivity contribution in [3.8, 4) is 0 Å². The Hall–Kier alpha value is -2.08. The van der Waals surface area contributed by atoms with Crippen molar-refractivity contribution in [3.63, 3.8) is 0 Å². The summed E-state index contributed by atoms with van der Waals surface area (Å²) in [6, 6.07) is 7.56. The quantitative estimate of drug-likeness (QED) is 0.428. The predicted octanol–water partition coefficient (Wildman–Crippen LogP) is 5.52. The average molecular weight is 386 g/mol. The lowest BCUT2D eigenvalue weighted by atomic mass is 10.1. The van der Waals surface area contributed by atoms with E-state index in [1.54, 1.807) is 25.1 Å². The summed E-state index contributed by atoms with van der Waals surface area (Å²) in [4.78, 5) is 22.2. The van der Waals surface area contributed by atoms with Gasteiger partial charge in [-0.1, -0.05) is 40.9 Å². The number of amides is 1. The first-order chi connectivity index (χ1) is 11.3. The highest BCUT2D eigenvalue weighted by Crippen LogP contribution is 2.30. The molecule has 5 nitrogen and oxygen atoms in total. The van der Waals surface area contributed by atoms with Crippen molar-refractivity contribution < 1.29 is 9.72 Å². The minimum absolute atomic E-state index is 0.0503. The molecule has 1 N–H and O–H groups in total. The van der Waals surface area contributed by atoms with Crippen LogP contribution in [0.15, 0.2) is 36.4 Å². The number of nitrogens with zero attached hydrogens (tertiary/aromatic N) is 1. The minimum atomic E-state index is -0.580. The normalized spacial score (nSPS) is 10.8. The predicted molar refractivity (Wildman–Crippen MR) is 97.0 cm³/mol. The molecule has 8 heteroatoms. The van der Waals surface area contributed by atoms with Gasteiger partial charge in [0.05, 0.1) is 4.92 Å². The number of aryl methyl sites for hydroxylation is 1. The molecule has 0 fully saturated rings. The van der Waals surface area contributed by atoms with Gasteiger partial charge in [-0.15, -0.1) is 0 Å². The summed E-state index contributed by atoms with van der Waals surface area (Å²) in [7, 11) is 0. The first-order valence-corrected chi connectivity index (χ1v) is 7.80. The van der Waals surface area contributed by atoms with E-state index in [0.29, 0.717) is 26.9 Å². The molecule has 0 aliphatic rings. The number of nitro groups is 1. The molecule has 24 heavy (non-hydrogen) atoms. The zero-order valence-corrected chi connectivity index (χ0v) is 14.6. The maximum absolute atomic E-state index is 12.0. The highest BCUT2D eigenvalue weighted by atomic mass is 35.5. The molecule has 124 valence electrons. The molecule has 0 saturated heterocycles. The van der Waals surface area contributed by atoms with Crippen LogP contribution in [0, 0.1) is 17.0 Å². The maximum Gasteiger partial charge on any atom is 0.288 e. The fraction of sp³-hybridized carbons (Fsp3) is 0.0625. The second-order valence-corrected chi connectivity index (χ2v) is 6.11. The van der Waals surface area contributed by atoms with Crippen molar-refractivity contribution in [2.75, 3.05) is 5.32 Å². The average Bonchev–Trinajstić information content (AvgIpc) is 2.49. The number of nitro benzene ring substituents is 1. The van der Waals surface area contributed by atoms with Gasteiger partial charge < -0.3 is 5.32 Å². The van der Waals surface area contributed by atoms with Crippen LogP contribution in [0.1, 0.15) is 11.1 Å². The van der Waals surface area contributed by atoms with Gasteiger partial charge in [-0.3, -0.25) is 14.9 Å². The maximum atomic E-state index is 12.0. The Kier molecular flexibility index (Phi) is 5.83. The van der Waals surface area contributed by atoms with Gasteiger partial charge in [0.25, 0.3) is 5.69 Å². The zero-order valence-electron chi connectivity index (χ0n) is 12.3. The minimum Gasteiger partial charge on any atom is -0.322 e. The monoisotopic (exact) mass is 384 g/mol. The number of carbonyl (C=O) groups is 1. The van der Waals surface area contributed by atoms with E-state index in [1.165, 1.54) is 24.3 Å². The van der Waals surface area contributed by atoms with Crippen molar-refractivity contribution in [2.45, 2.75) is 6.92 Å². The number of nitrogens with one attached hydrogen (secondary N) is 1. The molecule has 0 aliphatic heterocycles. The van der Waals surface area contributed by atoms with Gasteiger partial charge in [-0.2, -0.15) is 0 Å². The summed E-state index contributed by atoms with van der Waals surface area (Å²) >= 11 is 17.7. The van der Waals surface area contributed by atoms with E-state index in [1.807, 2.05) is 0 Å². The molecular formula is C16H11Cl3N2O3. The fourth-order valence-corrected chi connectivity index (χ4v) is 2.62. The van der Waals surface area contributed by atoms with Crippen LogP contribution in [0.25, 0.3) is 6.08 Å². The molecule has 0 radical (unpaired) electrons. The Bertz CT molecular complexity index is 851. The molecule has 0 saturated carbocycles. The molecule has 2 aromatic rings. The van der Waals surface area contributed by atoms with Gasteiger partial charge in [-0.05, 0) is 42.3 Å². The van der Waals surface area contributed by atoms with Gasteiger partial charge >= 0.3 is 0 Å². The first kappa shape index (κ1) is 18.3. The van der Waals surface area contributed by atoms with Crippen molar-refractivity contribution in [2.24, 2.45) is 0 Å². The van der Waals surface area contributed by atoms with Crippen LogP contribution in [-0.2, 0) is 4.79 Å². The third-order valence-electron chi connectivity index (χ3n) is 3.13. The van der Waals surface area contributed by atoms with Crippen LogP contribution >= 0.6 is 34.8 Å². The molecule has 0 aliphatic carbocycles. The van der Waals surface area contributed by atoms with E-state index in [-0.39, 0.29) is 10.7 Å². The Morgan fingerprint density at radius 1 is 1.17 bits per heavy atom. The van der Waals surface area contributed by atoms with Crippen LogP contribution < -0.4 is 5.32 Å². The van der Waals surface area contributed by atoms with Crippen LogP contribution in [0.2, 0.25) is 15.1 Å². The van der Waals surface area contributed by atoms with E-state index >= 15 is 0 Å². The van der Waals surface area contributed by atoms with E-state index in [4.69, 9.17) is 34.8 Å². The topological polar surface area (TPSA) is 72.2 Å². The van der Waals surface area contributed by atoms with Crippen molar-refractivity contribution in [1.29, 1.82) is 0 Å². The van der Waals surface area contributed by atoms with Crippen molar-refractivity contribution in [1.82, 2.24) is 0 Å². The first-order valence-electron chi connectivity index (χ1n) is 6.66. The Morgan fingerprint density at radius 2 is 1.88 bits per heavy atom. The summed E-state index contributed by atoms with van der Waals surface area (Å²) in [5.74, 6) is -0.422. The Morgan fingerprint density at radius 3 is 2.50 bits per heavy atom. The molecule has 0 spiro atoms. The van der Waals surface area contributed by atoms with E-state index in [0.717, 1.165) is 0 Å². The molecule has 1 amide bonds. The third kappa shape index (κ3) is 4.47. The second-order valence-electron chi connectivity index (χ2n) is 4.86. The van der Waals surface area contributed by atoms with E-state index in [2.05, 4.69) is 5.32 Å². The smallest absolute Gasteiger partial charge is 0.288 e. The van der Waals surface area contributed by atoms with Crippen LogP contribution in [0.5, 0.6) is 0 Å². The Labute approximate surface area is 153 Å². The number of hydrogen-bond acceptors (Lipinski definition) is 3. The SMILES string of the molecule is Cc1cc([N+](=O)[O-])c(Cl)cc1NC(=O)C=Cc1ccc(Cl)cc1Cl. The van der Waals surface area contributed by atoms with Gasteiger partial charge in [0.1, 0.15) is 5.02 Å².